The Labute approximate surface area is 305 Å². The molecule has 0 radical (unpaired) electrons. The molecular formula is C50H31NO2. The Morgan fingerprint density at radius 3 is 1.75 bits per heavy atom. The van der Waals surface area contributed by atoms with Gasteiger partial charge < -0.3 is 13.7 Å². The molecule has 0 aliphatic rings. The highest BCUT2D eigenvalue weighted by molar-refractivity contribution is 6.18. The lowest BCUT2D eigenvalue weighted by atomic mass is 9.93. The summed E-state index contributed by atoms with van der Waals surface area (Å²) in [7, 11) is 0. The molecule has 0 bridgehead atoms. The summed E-state index contributed by atoms with van der Waals surface area (Å²) in [6, 6.07) is 66.9. The minimum Gasteiger partial charge on any atom is -0.456 e. The van der Waals surface area contributed by atoms with Gasteiger partial charge >= 0.3 is 0 Å². The van der Waals surface area contributed by atoms with Gasteiger partial charge in [0.1, 0.15) is 22.3 Å². The van der Waals surface area contributed by atoms with E-state index in [2.05, 4.69) is 175 Å². The summed E-state index contributed by atoms with van der Waals surface area (Å²) in [6.07, 6.45) is 0. The number of fused-ring (bicyclic) bond motifs is 9. The first-order valence-corrected chi connectivity index (χ1v) is 18.0. The van der Waals surface area contributed by atoms with E-state index >= 15 is 0 Å². The molecule has 2 aromatic heterocycles. The van der Waals surface area contributed by atoms with Crippen molar-refractivity contribution in [2.45, 2.75) is 0 Å². The van der Waals surface area contributed by atoms with Crippen molar-refractivity contribution in [3.05, 3.63) is 188 Å². The molecule has 0 fully saturated rings. The Morgan fingerprint density at radius 1 is 0.321 bits per heavy atom. The van der Waals surface area contributed by atoms with Crippen LogP contribution in [0, 0.1) is 0 Å². The first-order chi connectivity index (χ1) is 26.3. The van der Waals surface area contributed by atoms with Crippen molar-refractivity contribution in [2.24, 2.45) is 0 Å². The van der Waals surface area contributed by atoms with Gasteiger partial charge in [-0.15, -0.1) is 0 Å². The molecule has 0 aliphatic carbocycles. The summed E-state index contributed by atoms with van der Waals surface area (Å²) in [4.78, 5) is 2.36. The van der Waals surface area contributed by atoms with Gasteiger partial charge in [0, 0.05) is 44.5 Å². The second kappa shape index (κ2) is 11.7. The highest BCUT2D eigenvalue weighted by Crippen LogP contribution is 2.48. The minimum atomic E-state index is 0.851. The van der Waals surface area contributed by atoms with Gasteiger partial charge in [-0.1, -0.05) is 127 Å². The molecule has 0 aliphatic heterocycles. The second-order valence-corrected chi connectivity index (χ2v) is 13.7. The topological polar surface area (TPSA) is 29.5 Å². The van der Waals surface area contributed by atoms with E-state index in [1.54, 1.807) is 0 Å². The predicted molar refractivity (Wildman–Crippen MR) is 222 cm³/mol. The van der Waals surface area contributed by atoms with Crippen LogP contribution in [0.2, 0.25) is 0 Å². The molecule has 3 heteroatoms. The fraction of sp³-hybridized carbons (Fsp3) is 0. The van der Waals surface area contributed by atoms with Crippen molar-refractivity contribution in [3.63, 3.8) is 0 Å². The molecule has 0 unspecified atom stereocenters. The molecule has 0 saturated heterocycles. The van der Waals surface area contributed by atoms with Gasteiger partial charge in [-0.2, -0.15) is 0 Å². The Kier molecular flexibility index (Phi) is 6.55. The van der Waals surface area contributed by atoms with Crippen LogP contribution in [0.4, 0.5) is 17.1 Å². The average molecular weight is 678 g/mol. The smallest absolute Gasteiger partial charge is 0.137 e. The summed E-state index contributed by atoms with van der Waals surface area (Å²) >= 11 is 0. The molecule has 11 aromatic rings. The van der Waals surface area contributed by atoms with Crippen molar-refractivity contribution < 1.29 is 8.83 Å². The van der Waals surface area contributed by atoms with E-state index in [9.17, 15) is 0 Å². The van der Waals surface area contributed by atoms with Gasteiger partial charge in [-0.25, -0.2) is 0 Å². The molecular weight excluding hydrogens is 647 g/mol. The summed E-state index contributed by atoms with van der Waals surface area (Å²) < 4.78 is 13.0. The molecule has 0 spiro atoms. The third-order valence-electron chi connectivity index (χ3n) is 10.6. The summed E-state index contributed by atoms with van der Waals surface area (Å²) in [6.45, 7) is 0. The quantitative estimate of drug-likeness (QED) is 0.170. The molecule has 2 heterocycles. The Hall–Kier alpha value is -7.10. The van der Waals surface area contributed by atoms with E-state index in [1.807, 2.05) is 18.2 Å². The third-order valence-corrected chi connectivity index (χ3v) is 10.6. The van der Waals surface area contributed by atoms with Crippen LogP contribution < -0.4 is 4.90 Å². The number of benzene rings is 9. The van der Waals surface area contributed by atoms with Crippen molar-refractivity contribution in [2.75, 3.05) is 4.90 Å². The second-order valence-electron chi connectivity index (χ2n) is 13.7. The van der Waals surface area contributed by atoms with E-state index in [-0.39, 0.29) is 0 Å². The molecule has 0 amide bonds. The van der Waals surface area contributed by atoms with E-state index in [4.69, 9.17) is 8.83 Å². The summed E-state index contributed by atoms with van der Waals surface area (Å²) in [5.74, 6) is 0. The highest BCUT2D eigenvalue weighted by Gasteiger charge is 2.24. The largest absolute Gasteiger partial charge is 0.456 e. The van der Waals surface area contributed by atoms with Gasteiger partial charge in [0.2, 0.25) is 0 Å². The summed E-state index contributed by atoms with van der Waals surface area (Å²) in [5.41, 5.74) is 11.1. The first-order valence-electron chi connectivity index (χ1n) is 18.0. The van der Waals surface area contributed by atoms with Gasteiger partial charge in [0.05, 0.1) is 5.69 Å². The highest BCUT2D eigenvalue weighted by atomic mass is 16.3. The number of nitrogens with zero attached hydrogens (tertiary/aromatic N) is 1. The number of anilines is 3. The molecule has 3 nitrogen and oxygen atoms in total. The molecule has 53 heavy (non-hydrogen) atoms. The van der Waals surface area contributed by atoms with Crippen LogP contribution in [-0.2, 0) is 0 Å². The van der Waals surface area contributed by atoms with Gasteiger partial charge in [-0.05, 0) is 92.8 Å². The third kappa shape index (κ3) is 4.75. The Morgan fingerprint density at radius 2 is 0.906 bits per heavy atom. The number of rotatable bonds is 5. The maximum absolute atomic E-state index is 6.53. The number of hydrogen-bond donors (Lipinski definition) is 0. The van der Waals surface area contributed by atoms with Gasteiger partial charge in [0.25, 0.3) is 0 Å². The van der Waals surface area contributed by atoms with Crippen LogP contribution >= 0.6 is 0 Å². The number of para-hydroxylation sites is 2. The Balaban J connectivity index is 1.20. The molecule has 0 N–H and O–H groups in total. The monoisotopic (exact) mass is 677 g/mol. The minimum absolute atomic E-state index is 0.851. The fourth-order valence-electron chi connectivity index (χ4n) is 8.17. The van der Waals surface area contributed by atoms with E-state index in [0.29, 0.717) is 0 Å². The van der Waals surface area contributed by atoms with Crippen LogP contribution in [0.3, 0.4) is 0 Å². The maximum Gasteiger partial charge on any atom is 0.137 e. The normalized spacial score (nSPS) is 11.8. The van der Waals surface area contributed by atoms with Crippen LogP contribution in [0.25, 0.3) is 87.7 Å². The van der Waals surface area contributed by atoms with Gasteiger partial charge in [0.15, 0.2) is 0 Å². The van der Waals surface area contributed by atoms with Crippen molar-refractivity contribution >= 4 is 82.5 Å². The fourth-order valence-corrected chi connectivity index (χ4v) is 8.17. The van der Waals surface area contributed by atoms with E-state index in [0.717, 1.165) is 72.1 Å². The molecule has 248 valence electrons. The summed E-state index contributed by atoms with van der Waals surface area (Å²) in [5, 5.41) is 9.32. The average Bonchev–Trinajstić information content (AvgIpc) is 3.79. The zero-order chi connectivity index (χ0) is 34.9. The zero-order valence-corrected chi connectivity index (χ0v) is 28.7. The van der Waals surface area contributed by atoms with Crippen molar-refractivity contribution in [1.29, 1.82) is 0 Å². The number of hydrogen-bond acceptors (Lipinski definition) is 3. The lowest BCUT2D eigenvalue weighted by molar-refractivity contribution is 0.668. The van der Waals surface area contributed by atoms with E-state index < -0.39 is 0 Å². The van der Waals surface area contributed by atoms with Crippen LogP contribution in [0.15, 0.2) is 197 Å². The van der Waals surface area contributed by atoms with Crippen molar-refractivity contribution in [3.8, 4) is 22.3 Å². The lowest BCUT2D eigenvalue weighted by Gasteiger charge is -2.28. The van der Waals surface area contributed by atoms with Crippen LogP contribution in [0.5, 0.6) is 0 Å². The predicted octanol–water partition coefficient (Wildman–Crippen LogP) is 14.6. The number of furan rings is 2. The van der Waals surface area contributed by atoms with E-state index in [1.165, 1.54) is 32.7 Å². The van der Waals surface area contributed by atoms with Crippen LogP contribution in [0.1, 0.15) is 0 Å². The molecule has 9 aromatic carbocycles. The molecule has 0 atom stereocenters. The van der Waals surface area contributed by atoms with Gasteiger partial charge in [-0.3, -0.25) is 0 Å². The zero-order valence-electron chi connectivity index (χ0n) is 28.7. The molecule has 0 saturated carbocycles. The standard InChI is InChI=1S/C50H31NO2/c1-2-10-32(11-3-1)33-20-23-37(24-21-33)51(38-25-27-42-41-14-6-8-16-45(41)53-48(42)31-38)44-28-29-47-50(43-15-7-9-17-46(43)52-47)49(44)36-22-26-40-35(30-36)19-18-34-12-4-5-13-39(34)40/h1-31H. The van der Waals surface area contributed by atoms with Crippen LogP contribution in [-0.4, -0.2) is 0 Å². The first kappa shape index (κ1) is 29.6. The Bertz CT molecular complexity index is 3170. The lowest BCUT2D eigenvalue weighted by Crippen LogP contribution is -2.11. The van der Waals surface area contributed by atoms with Crippen molar-refractivity contribution in [1.82, 2.24) is 0 Å². The SMILES string of the molecule is c1ccc(-c2ccc(N(c3ccc4c(c3)oc3ccccc34)c3ccc4oc5ccccc5c4c3-c3ccc4c(ccc5ccccc54)c3)cc2)cc1. The maximum atomic E-state index is 6.53. The molecule has 11 rings (SSSR count).